The molecule has 6 nitrogen and oxygen atoms in total. The van der Waals surface area contributed by atoms with Crippen LogP contribution in [-0.2, 0) is 20.7 Å². The van der Waals surface area contributed by atoms with E-state index < -0.39 is 12.0 Å². The molecule has 0 saturated carbocycles. The average molecular weight is 307 g/mol. The first-order valence-corrected chi connectivity index (χ1v) is 7.18. The summed E-state index contributed by atoms with van der Waals surface area (Å²) in [5.74, 6) is 1.37. The molecule has 1 aliphatic rings. The van der Waals surface area contributed by atoms with Gasteiger partial charge in [-0.25, -0.2) is 9.79 Å². The molecule has 0 N–H and O–H groups in total. The number of hydrogen-bond acceptors (Lipinski definition) is 6. The Morgan fingerprint density at radius 1 is 1.32 bits per heavy atom. The summed E-state index contributed by atoms with van der Waals surface area (Å²) in [6.45, 7) is 2.29. The fourth-order valence-electron chi connectivity index (χ4n) is 2.41. The summed E-state index contributed by atoms with van der Waals surface area (Å²) in [4.78, 5) is 15.8. The van der Waals surface area contributed by atoms with Gasteiger partial charge < -0.3 is 18.9 Å². The molecule has 6 heteroatoms. The van der Waals surface area contributed by atoms with E-state index in [0.717, 1.165) is 29.7 Å². The third-order valence-corrected chi connectivity index (χ3v) is 3.45. The fraction of sp³-hybridized carbons (Fsp3) is 0.500. The van der Waals surface area contributed by atoms with Crippen molar-refractivity contribution >= 4 is 11.9 Å². The lowest BCUT2D eigenvalue weighted by molar-refractivity contribution is -0.142. The maximum Gasteiger partial charge on any atom is 0.334 e. The first-order valence-electron chi connectivity index (χ1n) is 7.18. The summed E-state index contributed by atoms with van der Waals surface area (Å²) in [6.07, 6.45) is 1.82. The first kappa shape index (κ1) is 16.1. The van der Waals surface area contributed by atoms with Crippen molar-refractivity contribution in [3.8, 4) is 11.5 Å². The fourth-order valence-corrected chi connectivity index (χ4v) is 2.41. The molecule has 0 aromatic heterocycles. The van der Waals surface area contributed by atoms with Gasteiger partial charge in [0.2, 0.25) is 5.90 Å². The minimum absolute atomic E-state index is 0.194. The van der Waals surface area contributed by atoms with Gasteiger partial charge >= 0.3 is 5.97 Å². The third kappa shape index (κ3) is 3.16. The van der Waals surface area contributed by atoms with E-state index in [4.69, 9.17) is 18.9 Å². The number of methoxy groups -OCH3 is 3. The third-order valence-electron chi connectivity index (χ3n) is 3.45. The van der Waals surface area contributed by atoms with Crippen molar-refractivity contribution in [2.24, 2.45) is 4.99 Å². The van der Waals surface area contributed by atoms with Gasteiger partial charge in [0.05, 0.1) is 21.3 Å². The molecule has 1 aromatic rings. The molecule has 1 heterocycles. The van der Waals surface area contributed by atoms with Crippen LogP contribution in [-0.4, -0.2) is 45.8 Å². The molecule has 0 saturated heterocycles. The van der Waals surface area contributed by atoms with Gasteiger partial charge in [0.25, 0.3) is 0 Å². The quantitative estimate of drug-likeness (QED) is 0.752. The topological polar surface area (TPSA) is 66.4 Å². The Kier molecular flexibility index (Phi) is 5.25. The Morgan fingerprint density at radius 3 is 2.68 bits per heavy atom. The smallest absolute Gasteiger partial charge is 0.334 e. The summed E-state index contributed by atoms with van der Waals surface area (Å²) in [5.41, 5.74) is 1.79. The second kappa shape index (κ2) is 7.15. The molecule has 0 unspecified atom stereocenters. The minimum atomic E-state index is -0.609. The zero-order valence-corrected chi connectivity index (χ0v) is 13.3. The second-order valence-corrected chi connectivity index (χ2v) is 4.91. The molecule has 1 atom stereocenters. The number of aryl methyl sites for hydroxylation is 1. The van der Waals surface area contributed by atoms with Gasteiger partial charge in [-0.3, -0.25) is 0 Å². The van der Waals surface area contributed by atoms with Gasteiger partial charge in [-0.1, -0.05) is 13.3 Å². The van der Waals surface area contributed by atoms with E-state index in [9.17, 15) is 4.79 Å². The number of rotatable bonds is 6. The predicted molar refractivity (Wildman–Crippen MR) is 81.8 cm³/mol. The van der Waals surface area contributed by atoms with E-state index in [1.807, 2.05) is 6.07 Å². The van der Waals surface area contributed by atoms with Crippen molar-refractivity contribution in [2.45, 2.75) is 25.8 Å². The van der Waals surface area contributed by atoms with Crippen molar-refractivity contribution in [1.29, 1.82) is 0 Å². The summed E-state index contributed by atoms with van der Waals surface area (Å²) in [7, 11) is 4.55. The van der Waals surface area contributed by atoms with E-state index in [1.54, 1.807) is 20.3 Å². The average Bonchev–Trinajstić information content (AvgIpc) is 3.03. The first-order chi connectivity index (χ1) is 10.6. The highest BCUT2D eigenvalue weighted by Crippen LogP contribution is 2.34. The number of ether oxygens (including phenoxy) is 4. The lowest BCUT2D eigenvalue weighted by Crippen LogP contribution is -2.21. The molecule has 2 rings (SSSR count). The van der Waals surface area contributed by atoms with Crippen LogP contribution in [0, 0.1) is 0 Å². The Hall–Kier alpha value is -2.24. The van der Waals surface area contributed by atoms with Crippen LogP contribution < -0.4 is 9.47 Å². The number of hydrogen-bond donors (Lipinski definition) is 0. The molecule has 0 fully saturated rings. The molecule has 0 aliphatic carbocycles. The van der Waals surface area contributed by atoms with Crippen LogP contribution in [0.25, 0.3) is 0 Å². The normalized spacial score (nSPS) is 16.7. The lowest BCUT2D eigenvalue weighted by Gasteiger charge is -2.14. The number of aliphatic imine (C=N–C) groups is 1. The maximum atomic E-state index is 11.5. The minimum Gasteiger partial charge on any atom is -0.493 e. The summed E-state index contributed by atoms with van der Waals surface area (Å²) >= 11 is 0. The standard InChI is InChI=1S/C16H21NO5/c1-5-6-10-7-11(8-13(19-2)14(10)20-3)15-17-12(9-22-15)16(18)21-4/h7-8,12H,5-6,9H2,1-4H3/t12-/m1/s1. The maximum absolute atomic E-state index is 11.5. The Morgan fingerprint density at radius 2 is 2.09 bits per heavy atom. The number of benzene rings is 1. The van der Waals surface area contributed by atoms with E-state index in [0.29, 0.717) is 11.6 Å². The van der Waals surface area contributed by atoms with Gasteiger partial charge in [-0.05, 0) is 24.1 Å². The SMILES string of the molecule is CCCc1cc(C2=N[C@@H](C(=O)OC)CO2)cc(OC)c1OC. The highest BCUT2D eigenvalue weighted by atomic mass is 16.5. The van der Waals surface area contributed by atoms with E-state index in [-0.39, 0.29) is 6.61 Å². The van der Waals surface area contributed by atoms with Gasteiger partial charge in [-0.15, -0.1) is 0 Å². The summed E-state index contributed by atoms with van der Waals surface area (Å²) < 4.78 is 21.1. The van der Waals surface area contributed by atoms with Crippen molar-refractivity contribution < 1.29 is 23.7 Å². The van der Waals surface area contributed by atoms with Gasteiger partial charge in [-0.2, -0.15) is 0 Å². The number of nitrogens with zero attached hydrogens (tertiary/aromatic N) is 1. The van der Waals surface area contributed by atoms with Crippen molar-refractivity contribution in [3.05, 3.63) is 23.3 Å². The highest BCUT2D eigenvalue weighted by molar-refractivity contribution is 5.98. The van der Waals surface area contributed by atoms with Crippen molar-refractivity contribution in [1.82, 2.24) is 0 Å². The summed E-state index contributed by atoms with van der Waals surface area (Å²) in [5, 5.41) is 0. The molecular weight excluding hydrogens is 286 g/mol. The number of esters is 1. The van der Waals surface area contributed by atoms with Crippen LogP contribution in [0.3, 0.4) is 0 Å². The van der Waals surface area contributed by atoms with Crippen LogP contribution in [0.1, 0.15) is 24.5 Å². The molecule has 0 radical (unpaired) electrons. The van der Waals surface area contributed by atoms with Crippen LogP contribution in [0.4, 0.5) is 0 Å². The van der Waals surface area contributed by atoms with Gasteiger partial charge in [0.15, 0.2) is 17.5 Å². The molecule has 22 heavy (non-hydrogen) atoms. The highest BCUT2D eigenvalue weighted by Gasteiger charge is 2.28. The largest absolute Gasteiger partial charge is 0.493 e. The van der Waals surface area contributed by atoms with Gasteiger partial charge in [0.1, 0.15) is 6.61 Å². The second-order valence-electron chi connectivity index (χ2n) is 4.91. The zero-order valence-electron chi connectivity index (χ0n) is 13.3. The predicted octanol–water partition coefficient (Wildman–Crippen LogP) is 1.97. The molecule has 1 aliphatic heterocycles. The lowest BCUT2D eigenvalue weighted by atomic mass is 10.0. The van der Waals surface area contributed by atoms with Crippen LogP contribution in [0.15, 0.2) is 17.1 Å². The van der Waals surface area contributed by atoms with Gasteiger partial charge in [0, 0.05) is 5.56 Å². The van der Waals surface area contributed by atoms with E-state index in [1.165, 1.54) is 7.11 Å². The van der Waals surface area contributed by atoms with Crippen LogP contribution in [0.2, 0.25) is 0 Å². The molecular formula is C16H21NO5. The van der Waals surface area contributed by atoms with Crippen molar-refractivity contribution in [3.63, 3.8) is 0 Å². The molecule has 0 amide bonds. The number of carbonyl (C=O) groups excluding carboxylic acids is 1. The Balaban J connectivity index is 2.39. The van der Waals surface area contributed by atoms with E-state index in [2.05, 4.69) is 11.9 Å². The zero-order chi connectivity index (χ0) is 16.1. The monoisotopic (exact) mass is 307 g/mol. The molecule has 0 spiro atoms. The molecule has 120 valence electrons. The van der Waals surface area contributed by atoms with Crippen LogP contribution >= 0.6 is 0 Å². The van der Waals surface area contributed by atoms with E-state index >= 15 is 0 Å². The summed E-state index contributed by atoms with van der Waals surface area (Å²) in [6, 6.07) is 3.16. The Bertz CT molecular complexity index is 582. The molecule has 1 aromatic carbocycles. The van der Waals surface area contributed by atoms with Crippen LogP contribution in [0.5, 0.6) is 11.5 Å². The molecule has 0 bridgehead atoms. The van der Waals surface area contributed by atoms with Crippen molar-refractivity contribution in [2.75, 3.05) is 27.9 Å². The number of carbonyl (C=O) groups is 1. The Labute approximate surface area is 130 Å².